The van der Waals surface area contributed by atoms with Crippen molar-refractivity contribution in [1.82, 2.24) is 10.6 Å². The van der Waals surface area contributed by atoms with Crippen LogP contribution in [0.15, 0.2) is 64.5 Å². The van der Waals surface area contributed by atoms with Crippen molar-refractivity contribution in [3.05, 3.63) is 60.2 Å². The summed E-state index contributed by atoms with van der Waals surface area (Å²) in [5, 5.41) is 6.28. The number of aliphatic imine (C=N–C) groups is 1. The summed E-state index contributed by atoms with van der Waals surface area (Å²) in [5.74, 6) is 1.87. The standard InChI is InChI=1S/C22H31N3O3S/c1-4-23-22(25-16-17-29(26,27)21-8-6-5-7-9-21)24-15-14-18(2)19-10-12-20(28-3)13-11-19/h5-13,18H,4,14-17H2,1-3H3,(H2,23,24,25). The van der Waals surface area contributed by atoms with Crippen molar-refractivity contribution in [3.8, 4) is 5.75 Å². The lowest BCUT2D eigenvalue weighted by atomic mass is 9.98. The fourth-order valence-corrected chi connectivity index (χ4v) is 4.04. The van der Waals surface area contributed by atoms with Crippen LogP contribution in [0.25, 0.3) is 0 Å². The molecule has 0 heterocycles. The molecule has 6 nitrogen and oxygen atoms in total. The van der Waals surface area contributed by atoms with Crippen LogP contribution in [-0.2, 0) is 9.84 Å². The van der Waals surface area contributed by atoms with Gasteiger partial charge in [-0.2, -0.15) is 0 Å². The van der Waals surface area contributed by atoms with Crippen molar-refractivity contribution < 1.29 is 13.2 Å². The van der Waals surface area contributed by atoms with E-state index in [9.17, 15) is 8.42 Å². The van der Waals surface area contributed by atoms with Crippen LogP contribution in [0.2, 0.25) is 0 Å². The SMILES string of the molecule is CCNC(=NCCC(C)c1ccc(OC)cc1)NCCS(=O)(=O)c1ccccc1. The first-order chi connectivity index (χ1) is 14.0. The molecule has 1 unspecified atom stereocenters. The van der Waals surface area contributed by atoms with Gasteiger partial charge in [0.15, 0.2) is 15.8 Å². The van der Waals surface area contributed by atoms with E-state index < -0.39 is 9.84 Å². The largest absolute Gasteiger partial charge is 0.497 e. The Balaban J connectivity index is 1.85. The quantitative estimate of drug-likeness (QED) is 0.458. The number of hydrogen-bond acceptors (Lipinski definition) is 4. The average Bonchev–Trinajstić information content (AvgIpc) is 2.74. The monoisotopic (exact) mass is 417 g/mol. The van der Waals surface area contributed by atoms with Crippen LogP contribution < -0.4 is 15.4 Å². The number of nitrogens with zero attached hydrogens (tertiary/aromatic N) is 1. The van der Waals surface area contributed by atoms with E-state index in [1.165, 1.54) is 5.56 Å². The van der Waals surface area contributed by atoms with E-state index in [4.69, 9.17) is 4.74 Å². The van der Waals surface area contributed by atoms with Crippen LogP contribution in [0.4, 0.5) is 0 Å². The number of ether oxygens (including phenoxy) is 1. The van der Waals surface area contributed by atoms with Gasteiger partial charge in [-0.15, -0.1) is 0 Å². The molecule has 158 valence electrons. The molecule has 7 heteroatoms. The lowest BCUT2D eigenvalue weighted by molar-refractivity contribution is 0.414. The van der Waals surface area contributed by atoms with E-state index in [1.54, 1.807) is 37.4 Å². The van der Waals surface area contributed by atoms with Gasteiger partial charge < -0.3 is 15.4 Å². The molecule has 1 atom stereocenters. The molecule has 0 saturated carbocycles. The van der Waals surface area contributed by atoms with Crippen LogP contribution in [0.1, 0.15) is 31.7 Å². The molecule has 0 aliphatic carbocycles. The number of rotatable bonds is 10. The zero-order chi connectivity index (χ0) is 21.1. The minimum absolute atomic E-state index is 0.0175. The van der Waals surface area contributed by atoms with E-state index in [0.29, 0.717) is 36.4 Å². The van der Waals surface area contributed by atoms with Gasteiger partial charge in [-0.05, 0) is 49.1 Å². The minimum Gasteiger partial charge on any atom is -0.497 e. The van der Waals surface area contributed by atoms with Gasteiger partial charge in [0.2, 0.25) is 0 Å². The summed E-state index contributed by atoms with van der Waals surface area (Å²) in [7, 11) is -1.64. The summed E-state index contributed by atoms with van der Waals surface area (Å²) in [6, 6.07) is 16.6. The topological polar surface area (TPSA) is 79.8 Å². The zero-order valence-corrected chi connectivity index (χ0v) is 18.2. The molecule has 0 amide bonds. The number of benzene rings is 2. The number of nitrogens with one attached hydrogen (secondary N) is 2. The first-order valence-corrected chi connectivity index (χ1v) is 11.6. The molecule has 0 radical (unpaired) electrons. The highest BCUT2D eigenvalue weighted by molar-refractivity contribution is 7.91. The van der Waals surface area contributed by atoms with Crippen molar-refractivity contribution in [2.75, 3.05) is 32.5 Å². The molecule has 0 aliphatic rings. The van der Waals surface area contributed by atoms with Gasteiger partial charge in [-0.25, -0.2) is 8.42 Å². The highest BCUT2D eigenvalue weighted by Gasteiger charge is 2.13. The molecular weight excluding hydrogens is 386 g/mol. The van der Waals surface area contributed by atoms with Crippen molar-refractivity contribution in [2.24, 2.45) is 4.99 Å². The molecule has 2 aromatic rings. The van der Waals surface area contributed by atoms with Gasteiger partial charge >= 0.3 is 0 Å². The predicted octanol–water partition coefficient (Wildman–Crippen LogP) is 3.22. The van der Waals surface area contributed by atoms with Crippen LogP contribution in [0.3, 0.4) is 0 Å². The van der Waals surface area contributed by atoms with Gasteiger partial charge in [0, 0.05) is 19.6 Å². The molecule has 2 N–H and O–H groups in total. The third-order valence-corrected chi connectivity index (χ3v) is 6.36. The Morgan fingerprint density at radius 1 is 1.07 bits per heavy atom. The lowest BCUT2D eigenvalue weighted by Gasteiger charge is -2.14. The summed E-state index contributed by atoms with van der Waals surface area (Å²) in [5.41, 5.74) is 1.24. The van der Waals surface area contributed by atoms with E-state index in [-0.39, 0.29) is 5.75 Å². The van der Waals surface area contributed by atoms with E-state index in [0.717, 1.165) is 12.2 Å². The van der Waals surface area contributed by atoms with Crippen molar-refractivity contribution in [1.29, 1.82) is 0 Å². The van der Waals surface area contributed by atoms with Gasteiger partial charge in [-0.3, -0.25) is 4.99 Å². The molecule has 2 aromatic carbocycles. The third kappa shape index (κ3) is 7.42. The van der Waals surface area contributed by atoms with Crippen molar-refractivity contribution >= 4 is 15.8 Å². The summed E-state index contributed by atoms with van der Waals surface area (Å²) < 4.78 is 29.9. The van der Waals surface area contributed by atoms with Crippen LogP contribution in [0, 0.1) is 0 Å². The Morgan fingerprint density at radius 3 is 2.38 bits per heavy atom. The maximum absolute atomic E-state index is 12.4. The van der Waals surface area contributed by atoms with E-state index >= 15 is 0 Å². The second-order valence-electron chi connectivity index (χ2n) is 6.78. The summed E-state index contributed by atoms with van der Waals surface area (Å²) in [4.78, 5) is 4.92. The number of hydrogen-bond donors (Lipinski definition) is 2. The average molecular weight is 418 g/mol. The van der Waals surface area contributed by atoms with Crippen LogP contribution >= 0.6 is 0 Å². The first kappa shape index (κ1) is 22.7. The first-order valence-electron chi connectivity index (χ1n) is 9.90. The van der Waals surface area contributed by atoms with Crippen molar-refractivity contribution in [2.45, 2.75) is 31.1 Å². The number of methoxy groups -OCH3 is 1. The zero-order valence-electron chi connectivity index (χ0n) is 17.4. The maximum Gasteiger partial charge on any atom is 0.191 e. The third-order valence-electron chi connectivity index (χ3n) is 4.63. The van der Waals surface area contributed by atoms with Gasteiger partial charge in [-0.1, -0.05) is 37.3 Å². The van der Waals surface area contributed by atoms with Crippen LogP contribution in [-0.4, -0.2) is 46.9 Å². The van der Waals surface area contributed by atoms with Gasteiger partial charge in [0.05, 0.1) is 17.8 Å². The maximum atomic E-state index is 12.4. The molecule has 0 bridgehead atoms. The molecule has 0 spiro atoms. The molecular formula is C22H31N3O3S. The molecule has 0 saturated heterocycles. The van der Waals surface area contributed by atoms with Gasteiger partial charge in [0.25, 0.3) is 0 Å². The Labute approximate surface area is 174 Å². The molecule has 0 aliphatic heterocycles. The molecule has 2 rings (SSSR count). The summed E-state index contributed by atoms with van der Waals surface area (Å²) >= 11 is 0. The lowest BCUT2D eigenvalue weighted by Crippen LogP contribution is -2.39. The number of sulfone groups is 1. The smallest absolute Gasteiger partial charge is 0.191 e. The Kier molecular flexibility index (Phi) is 8.99. The highest BCUT2D eigenvalue weighted by atomic mass is 32.2. The van der Waals surface area contributed by atoms with Crippen molar-refractivity contribution in [3.63, 3.8) is 0 Å². The minimum atomic E-state index is -3.30. The summed E-state index contributed by atoms with van der Waals surface area (Å²) in [6.07, 6.45) is 0.894. The summed E-state index contributed by atoms with van der Waals surface area (Å²) in [6.45, 7) is 5.82. The molecule has 0 aromatic heterocycles. The fraction of sp³-hybridized carbons (Fsp3) is 0.409. The van der Waals surface area contributed by atoms with Crippen LogP contribution in [0.5, 0.6) is 5.75 Å². The second kappa shape index (κ2) is 11.5. The molecule has 0 fully saturated rings. The Bertz CT molecular complexity index is 866. The Morgan fingerprint density at radius 2 is 1.76 bits per heavy atom. The second-order valence-corrected chi connectivity index (χ2v) is 8.89. The highest BCUT2D eigenvalue weighted by Crippen LogP contribution is 2.21. The van der Waals surface area contributed by atoms with Gasteiger partial charge in [0.1, 0.15) is 5.75 Å². The van der Waals surface area contributed by atoms with E-state index in [2.05, 4.69) is 34.7 Å². The predicted molar refractivity (Wildman–Crippen MR) is 119 cm³/mol. The van der Waals surface area contributed by atoms with E-state index in [1.807, 2.05) is 19.1 Å². The number of guanidine groups is 1. The Hall–Kier alpha value is -2.54. The molecule has 29 heavy (non-hydrogen) atoms. The normalized spacial score (nSPS) is 13.0. The fourth-order valence-electron chi connectivity index (χ4n) is 2.86.